The van der Waals surface area contributed by atoms with Crippen LogP contribution in [0.5, 0.6) is 0 Å². The maximum Gasteiger partial charge on any atom is 0.472 e. The van der Waals surface area contributed by atoms with Crippen LogP contribution in [0.4, 0.5) is 11.6 Å². The van der Waals surface area contributed by atoms with Gasteiger partial charge in [0.2, 0.25) is 0 Å². The lowest BCUT2D eigenvalue weighted by Crippen LogP contribution is -2.39. The fourth-order valence-corrected chi connectivity index (χ4v) is 6.47. The third-order valence-electron chi connectivity index (χ3n) is 7.29. The van der Waals surface area contributed by atoms with Crippen LogP contribution in [0.25, 0.3) is 22.3 Å². The number of aliphatic hydroxyl groups is 3. The molecule has 0 radical (unpaired) electrons. The van der Waals surface area contributed by atoms with E-state index < -0.39 is 64.7 Å². The highest BCUT2D eigenvalue weighted by Crippen LogP contribution is 2.52. The number of aliphatic hydroxyl groups excluding tert-OH is 3. The summed E-state index contributed by atoms with van der Waals surface area (Å²) in [6.07, 6.45) is -2.94. The molecule has 3 saturated heterocycles. The van der Waals surface area contributed by atoms with Crippen LogP contribution in [-0.4, -0.2) is 119 Å². The van der Waals surface area contributed by atoms with Crippen LogP contribution < -0.4 is 11.5 Å². The van der Waals surface area contributed by atoms with Gasteiger partial charge in [0.25, 0.3) is 0 Å². The predicted molar refractivity (Wildman–Crippen MR) is 149 cm³/mol. The zero-order valence-electron chi connectivity index (χ0n) is 23.2. The number of nitrogen functional groups attached to an aromatic ring is 2. The largest absolute Gasteiger partial charge is 0.472 e. The van der Waals surface area contributed by atoms with Gasteiger partial charge in [-0.3, -0.25) is 22.7 Å². The summed E-state index contributed by atoms with van der Waals surface area (Å²) < 4.78 is 50.1. The van der Waals surface area contributed by atoms with Crippen LogP contribution in [0.15, 0.2) is 25.3 Å². The molecular formula is C21H28N10O13P2. The second-order valence-corrected chi connectivity index (χ2v) is 12.9. The van der Waals surface area contributed by atoms with E-state index in [0.717, 1.165) is 0 Å². The second-order valence-electron chi connectivity index (χ2n) is 10.2. The lowest BCUT2D eigenvalue weighted by atomic mass is 10.1. The Morgan fingerprint density at radius 2 is 1.46 bits per heavy atom. The SMILES string of the molecule is Nc1ncnc2c1ncn2[C@@H]1O[C@@H]2COP(=O)(O)O[C@@H]2C1O.Nc1ncnc2c1ncn2[C@@H]1O[C@H](CCOP(=O)(O)O)[C@H](O)C1O. The van der Waals surface area contributed by atoms with Crippen molar-refractivity contribution in [3.05, 3.63) is 25.3 Å². The monoisotopic (exact) mass is 690 g/mol. The Morgan fingerprint density at radius 3 is 2.02 bits per heavy atom. The van der Waals surface area contributed by atoms with Crippen molar-refractivity contribution in [1.29, 1.82) is 0 Å². The van der Waals surface area contributed by atoms with Crippen molar-refractivity contribution in [2.45, 2.75) is 55.5 Å². The van der Waals surface area contributed by atoms with Crippen LogP contribution >= 0.6 is 15.6 Å². The number of nitrogens with two attached hydrogens (primary N) is 2. The van der Waals surface area contributed by atoms with Gasteiger partial charge < -0.3 is 50.9 Å². The molecule has 23 nitrogen and oxygen atoms in total. The molecule has 25 heteroatoms. The van der Waals surface area contributed by atoms with Crippen LogP contribution in [0.3, 0.4) is 0 Å². The average molecular weight is 690 g/mol. The van der Waals surface area contributed by atoms with Crippen LogP contribution in [0.2, 0.25) is 0 Å². The number of anilines is 2. The number of hydrogen-bond donors (Lipinski definition) is 8. The minimum atomic E-state index is -4.60. The predicted octanol–water partition coefficient (Wildman–Crippen LogP) is -2.29. The molecule has 10 N–H and O–H groups in total. The Hall–Kier alpha value is -3.28. The van der Waals surface area contributed by atoms with Gasteiger partial charge in [-0.1, -0.05) is 0 Å². The fourth-order valence-electron chi connectivity index (χ4n) is 5.16. The van der Waals surface area contributed by atoms with Crippen molar-refractivity contribution < 1.29 is 62.2 Å². The molecule has 0 aliphatic carbocycles. The molecule has 0 aromatic carbocycles. The van der Waals surface area contributed by atoms with E-state index in [1.165, 1.54) is 34.4 Å². The van der Waals surface area contributed by atoms with E-state index in [0.29, 0.717) is 22.3 Å². The van der Waals surface area contributed by atoms with Crippen LogP contribution in [0.1, 0.15) is 18.9 Å². The maximum atomic E-state index is 11.5. The molecule has 3 aliphatic heterocycles. The molecule has 0 bridgehead atoms. The fraction of sp³-hybridized carbons (Fsp3) is 0.524. The van der Waals surface area contributed by atoms with E-state index in [9.17, 15) is 29.3 Å². The van der Waals surface area contributed by atoms with Gasteiger partial charge in [-0.05, 0) is 0 Å². The molecule has 0 amide bonds. The first kappa shape index (κ1) is 32.7. The van der Waals surface area contributed by atoms with Crippen molar-refractivity contribution in [3.8, 4) is 0 Å². The summed E-state index contributed by atoms with van der Waals surface area (Å²) >= 11 is 0. The highest BCUT2D eigenvalue weighted by Gasteiger charge is 2.52. The Bertz CT molecular complexity index is 1820. The number of imidazole rings is 2. The normalized spacial score (nSPS) is 32.8. The lowest BCUT2D eigenvalue weighted by Gasteiger charge is -2.27. The number of phosphoric ester groups is 2. The number of ether oxygens (including phenoxy) is 2. The lowest BCUT2D eigenvalue weighted by molar-refractivity contribution is -0.0664. The third-order valence-corrected chi connectivity index (χ3v) is 8.79. The number of fused-ring (bicyclic) bond motifs is 3. The highest BCUT2D eigenvalue weighted by molar-refractivity contribution is 7.47. The topological polar surface area (TPSA) is 341 Å². The van der Waals surface area contributed by atoms with Crippen molar-refractivity contribution in [3.63, 3.8) is 0 Å². The van der Waals surface area contributed by atoms with Crippen molar-refractivity contribution in [2.75, 3.05) is 24.7 Å². The Labute approximate surface area is 256 Å². The van der Waals surface area contributed by atoms with E-state index in [-0.39, 0.29) is 31.3 Å². The minimum absolute atomic E-state index is 0.0242. The van der Waals surface area contributed by atoms with Gasteiger partial charge in [0.1, 0.15) is 54.2 Å². The molecular weight excluding hydrogens is 662 g/mol. The summed E-state index contributed by atoms with van der Waals surface area (Å²) in [7, 11) is -8.77. The van der Waals surface area contributed by atoms with Gasteiger partial charge in [0.15, 0.2) is 35.4 Å². The first-order chi connectivity index (χ1) is 21.7. The van der Waals surface area contributed by atoms with E-state index in [2.05, 4.69) is 39.0 Å². The van der Waals surface area contributed by atoms with Crippen LogP contribution in [-0.2, 0) is 32.2 Å². The first-order valence-corrected chi connectivity index (χ1v) is 16.3. The maximum absolute atomic E-state index is 11.5. The Morgan fingerprint density at radius 1 is 0.891 bits per heavy atom. The molecule has 0 spiro atoms. The molecule has 4 aromatic rings. The van der Waals surface area contributed by atoms with E-state index in [1.807, 2.05) is 0 Å². The molecule has 3 fully saturated rings. The standard InChI is InChI=1S/C11H16N5O7P.C10H12N5O6P/c12-9-6-10(14-3-13-9)16(4-15-6)11-8(18)7(17)5(23-11)1-2-22-24(19,20)21;11-8-5-9(13-2-12-8)15(3-14-5)10-6(16)7-4(20-10)1-19-22(17,18)21-7/h3-5,7-8,11,17-18H,1-2H2,(H2,12,13,14)(H2,19,20,21);2-4,6-7,10,16H,1H2,(H,17,18)(H2,11,12,13)/t5-,7+,8?,11-;4-,6?,7+,10-/m11/s1. The minimum Gasteiger partial charge on any atom is -0.388 e. The smallest absolute Gasteiger partial charge is 0.388 e. The third kappa shape index (κ3) is 6.33. The number of nitrogens with zero attached hydrogens (tertiary/aromatic N) is 8. The summed E-state index contributed by atoms with van der Waals surface area (Å²) in [5, 5.41) is 30.6. The van der Waals surface area contributed by atoms with Gasteiger partial charge in [0.05, 0.1) is 32.0 Å². The second kappa shape index (κ2) is 12.4. The number of aromatic nitrogens is 8. The molecule has 0 saturated carbocycles. The van der Waals surface area contributed by atoms with Gasteiger partial charge in [0, 0.05) is 6.42 Å². The Kier molecular flexibility index (Phi) is 8.80. The van der Waals surface area contributed by atoms with Gasteiger partial charge in [-0.2, -0.15) is 0 Å². The van der Waals surface area contributed by atoms with Gasteiger partial charge in [-0.15, -0.1) is 0 Å². The van der Waals surface area contributed by atoms with E-state index >= 15 is 0 Å². The van der Waals surface area contributed by atoms with Crippen molar-refractivity contribution >= 4 is 49.6 Å². The molecule has 3 aliphatic rings. The van der Waals surface area contributed by atoms with Gasteiger partial charge >= 0.3 is 15.6 Å². The zero-order valence-corrected chi connectivity index (χ0v) is 25.0. The van der Waals surface area contributed by atoms with Crippen molar-refractivity contribution in [1.82, 2.24) is 39.0 Å². The van der Waals surface area contributed by atoms with E-state index in [1.54, 1.807) is 0 Å². The van der Waals surface area contributed by atoms with Crippen LogP contribution in [0, 0.1) is 0 Å². The molecule has 9 atom stereocenters. The summed E-state index contributed by atoms with van der Waals surface area (Å²) in [6.45, 7) is -0.499. The number of hydrogen-bond acceptors (Lipinski definition) is 18. The number of rotatable bonds is 6. The molecule has 46 heavy (non-hydrogen) atoms. The van der Waals surface area contributed by atoms with E-state index in [4.69, 9.17) is 35.3 Å². The quantitative estimate of drug-likeness (QED) is 0.0987. The summed E-state index contributed by atoms with van der Waals surface area (Å²) in [6, 6.07) is 0. The number of phosphoric acid groups is 2. The summed E-state index contributed by atoms with van der Waals surface area (Å²) in [4.78, 5) is 50.5. The Balaban J connectivity index is 0.000000162. The zero-order chi connectivity index (χ0) is 33.0. The summed E-state index contributed by atoms with van der Waals surface area (Å²) in [5.41, 5.74) is 12.8. The molecule has 7 rings (SSSR count). The molecule has 250 valence electrons. The first-order valence-electron chi connectivity index (χ1n) is 13.3. The molecule has 3 unspecified atom stereocenters. The molecule has 7 heterocycles. The van der Waals surface area contributed by atoms with Gasteiger partial charge in [-0.25, -0.2) is 39.0 Å². The van der Waals surface area contributed by atoms with Crippen molar-refractivity contribution in [2.24, 2.45) is 0 Å². The average Bonchev–Trinajstić information content (AvgIpc) is 3.75. The summed E-state index contributed by atoms with van der Waals surface area (Å²) in [5.74, 6) is 0.367. The molecule has 4 aromatic heterocycles. The highest BCUT2D eigenvalue weighted by atomic mass is 31.2.